The van der Waals surface area contributed by atoms with Crippen LogP contribution in [0.1, 0.15) is 23.2 Å². The summed E-state index contributed by atoms with van der Waals surface area (Å²) in [5.41, 5.74) is 3.96. The van der Waals surface area contributed by atoms with Gasteiger partial charge in [-0.1, -0.05) is 35.0 Å². The molecule has 34 heavy (non-hydrogen) atoms. The Kier molecular flexibility index (Phi) is 7.00. The van der Waals surface area contributed by atoms with Crippen LogP contribution in [-0.4, -0.2) is 56.3 Å². The maximum Gasteiger partial charge on any atom is 0.223 e. The third kappa shape index (κ3) is 5.13. The van der Waals surface area contributed by atoms with Crippen molar-refractivity contribution in [3.8, 4) is 11.3 Å². The van der Waals surface area contributed by atoms with E-state index in [-0.39, 0.29) is 23.0 Å². The molecule has 0 N–H and O–H groups in total. The van der Waals surface area contributed by atoms with Crippen LogP contribution in [0.15, 0.2) is 51.9 Å². The molecular weight excluding hydrogens is 474 g/mol. The zero-order valence-corrected chi connectivity index (χ0v) is 21.1. The third-order valence-corrected chi connectivity index (χ3v) is 8.42. The predicted octanol–water partition coefficient (Wildman–Crippen LogP) is 4.43. The summed E-state index contributed by atoms with van der Waals surface area (Å²) in [6.07, 6.45) is -0.0520. The lowest BCUT2D eigenvalue weighted by Crippen LogP contribution is -2.49. The van der Waals surface area contributed by atoms with E-state index < -0.39 is 9.84 Å². The van der Waals surface area contributed by atoms with Crippen molar-refractivity contribution >= 4 is 33.0 Å². The number of halogens is 1. The summed E-state index contributed by atoms with van der Waals surface area (Å²) in [7, 11) is -3.65. The minimum absolute atomic E-state index is 0.0520. The molecule has 1 amide bonds. The number of hydrogen-bond acceptors (Lipinski definition) is 6. The molecule has 7 nitrogen and oxygen atoms in total. The molecule has 4 rings (SSSR count). The van der Waals surface area contributed by atoms with Crippen LogP contribution in [0.3, 0.4) is 0 Å². The number of hydrogen-bond donors (Lipinski definition) is 0. The predicted molar refractivity (Wildman–Crippen MR) is 133 cm³/mol. The highest BCUT2D eigenvalue weighted by molar-refractivity contribution is 7.91. The first-order valence-corrected chi connectivity index (χ1v) is 13.2. The standard InChI is InChI=1S/C25H28ClN3O4S/c1-17-7-8-20(25-18(2)19(3)27-33-25)15-23(17)34(31,32)14-9-24(30)29-12-10-28(11-13-29)22-6-4-5-21(26)16-22/h4-8,15-16H,9-14H2,1-3H3. The Morgan fingerprint density at radius 1 is 1.06 bits per heavy atom. The van der Waals surface area contributed by atoms with E-state index in [4.69, 9.17) is 16.1 Å². The van der Waals surface area contributed by atoms with Gasteiger partial charge in [-0.2, -0.15) is 0 Å². The van der Waals surface area contributed by atoms with Gasteiger partial charge in [-0.15, -0.1) is 0 Å². The lowest BCUT2D eigenvalue weighted by molar-refractivity contribution is -0.131. The molecule has 1 aliphatic heterocycles. The third-order valence-electron chi connectivity index (χ3n) is 6.33. The lowest BCUT2D eigenvalue weighted by Gasteiger charge is -2.36. The monoisotopic (exact) mass is 501 g/mol. The highest BCUT2D eigenvalue weighted by atomic mass is 35.5. The van der Waals surface area contributed by atoms with Gasteiger partial charge in [-0.3, -0.25) is 4.79 Å². The zero-order chi connectivity index (χ0) is 24.5. The average molecular weight is 502 g/mol. The highest BCUT2D eigenvalue weighted by Gasteiger charge is 2.25. The molecule has 0 saturated carbocycles. The largest absolute Gasteiger partial charge is 0.368 e. The molecule has 2 aromatic carbocycles. The van der Waals surface area contributed by atoms with Crippen molar-refractivity contribution < 1.29 is 17.7 Å². The molecule has 0 atom stereocenters. The topological polar surface area (TPSA) is 83.7 Å². The number of anilines is 1. The fraction of sp³-hybridized carbons (Fsp3) is 0.360. The second-order valence-corrected chi connectivity index (χ2v) is 11.1. The number of carbonyl (C=O) groups is 1. The Balaban J connectivity index is 1.40. The van der Waals surface area contributed by atoms with Crippen molar-refractivity contribution in [1.82, 2.24) is 10.1 Å². The van der Waals surface area contributed by atoms with Crippen LogP contribution in [0.25, 0.3) is 11.3 Å². The Morgan fingerprint density at radius 2 is 1.79 bits per heavy atom. The van der Waals surface area contributed by atoms with Crippen molar-refractivity contribution in [3.63, 3.8) is 0 Å². The number of nitrogens with zero attached hydrogens (tertiary/aromatic N) is 3. The molecule has 3 aromatic rings. The molecule has 0 bridgehead atoms. The van der Waals surface area contributed by atoms with Gasteiger partial charge in [0.2, 0.25) is 5.91 Å². The fourth-order valence-corrected chi connectivity index (χ4v) is 5.85. The van der Waals surface area contributed by atoms with E-state index in [1.165, 1.54) is 0 Å². The maximum atomic E-state index is 13.1. The van der Waals surface area contributed by atoms with Crippen LogP contribution in [0.4, 0.5) is 5.69 Å². The van der Waals surface area contributed by atoms with Crippen molar-refractivity contribution in [2.24, 2.45) is 0 Å². The van der Waals surface area contributed by atoms with E-state index in [9.17, 15) is 13.2 Å². The normalized spacial score (nSPS) is 14.5. The van der Waals surface area contributed by atoms with Crippen LogP contribution < -0.4 is 4.90 Å². The maximum absolute atomic E-state index is 13.1. The molecule has 1 saturated heterocycles. The van der Waals surface area contributed by atoms with E-state index in [0.29, 0.717) is 48.1 Å². The van der Waals surface area contributed by atoms with E-state index in [1.807, 2.05) is 44.2 Å². The summed E-state index contributed by atoms with van der Waals surface area (Å²) in [4.78, 5) is 16.9. The molecule has 2 heterocycles. The smallest absolute Gasteiger partial charge is 0.223 e. The zero-order valence-electron chi connectivity index (χ0n) is 19.5. The van der Waals surface area contributed by atoms with E-state index >= 15 is 0 Å². The Morgan fingerprint density at radius 3 is 2.44 bits per heavy atom. The molecule has 1 fully saturated rings. The number of carbonyl (C=O) groups excluding carboxylic acids is 1. The van der Waals surface area contributed by atoms with Gasteiger partial charge in [0.15, 0.2) is 15.6 Å². The first-order chi connectivity index (χ1) is 16.2. The number of sulfone groups is 1. The van der Waals surface area contributed by atoms with Crippen molar-refractivity contribution in [2.45, 2.75) is 32.1 Å². The first-order valence-electron chi connectivity index (χ1n) is 11.2. The number of rotatable bonds is 6. The second-order valence-electron chi connectivity index (χ2n) is 8.62. The van der Waals surface area contributed by atoms with Crippen molar-refractivity contribution in [3.05, 3.63) is 64.3 Å². The molecule has 180 valence electrons. The molecule has 1 aromatic heterocycles. The minimum Gasteiger partial charge on any atom is -0.368 e. The van der Waals surface area contributed by atoms with Crippen LogP contribution in [-0.2, 0) is 14.6 Å². The molecular formula is C25H28ClN3O4S. The van der Waals surface area contributed by atoms with E-state index in [2.05, 4.69) is 10.1 Å². The van der Waals surface area contributed by atoms with E-state index in [1.54, 1.807) is 24.0 Å². The summed E-state index contributed by atoms with van der Waals surface area (Å²) in [5, 5.41) is 4.64. The number of piperazine rings is 1. The summed E-state index contributed by atoms with van der Waals surface area (Å²) < 4.78 is 31.7. The van der Waals surface area contributed by atoms with Gasteiger partial charge in [-0.25, -0.2) is 8.42 Å². The molecule has 0 unspecified atom stereocenters. The number of aryl methyl sites for hydroxylation is 2. The number of benzene rings is 2. The number of amides is 1. The van der Waals surface area contributed by atoms with Gasteiger partial charge < -0.3 is 14.3 Å². The van der Waals surface area contributed by atoms with E-state index in [0.717, 1.165) is 16.9 Å². The van der Waals surface area contributed by atoms with Crippen LogP contribution in [0.5, 0.6) is 0 Å². The molecule has 9 heteroatoms. The summed E-state index contributed by atoms with van der Waals surface area (Å²) in [5.74, 6) is 0.173. The Hall–Kier alpha value is -2.84. The summed E-state index contributed by atoms with van der Waals surface area (Å²) in [6.45, 7) is 7.93. The van der Waals surface area contributed by atoms with Crippen LogP contribution in [0, 0.1) is 20.8 Å². The van der Waals surface area contributed by atoms with Gasteiger partial charge in [-0.05, 0) is 50.6 Å². The van der Waals surface area contributed by atoms with Gasteiger partial charge in [0.05, 0.1) is 16.3 Å². The second kappa shape index (κ2) is 9.80. The minimum atomic E-state index is -3.65. The summed E-state index contributed by atoms with van der Waals surface area (Å²) >= 11 is 6.09. The van der Waals surface area contributed by atoms with Gasteiger partial charge in [0.25, 0.3) is 0 Å². The summed E-state index contributed by atoms with van der Waals surface area (Å²) in [6, 6.07) is 12.8. The number of aromatic nitrogens is 1. The molecule has 0 aliphatic carbocycles. The average Bonchev–Trinajstić information content (AvgIpc) is 3.16. The van der Waals surface area contributed by atoms with Crippen molar-refractivity contribution in [2.75, 3.05) is 36.8 Å². The Labute approximate surface area is 205 Å². The van der Waals surface area contributed by atoms with Crippen LogP contribution in [0.2, 0.25) is 5.02 Å². The quantitative estimate of drug-likeness (QED) is 0.496. The lowest BCUT2D eigenvalue weighted by atomic mass is 10.1. The van der Waals surface area contributed by atoms with Gasteiger partial charge in [0.1, 0.15) is 0 Å². The molecule has 0 spiro atoms. The SMILES string of the molecule is Cc1ccc(-c2onc(C)c2C)cc1S(=O)(=O)CCC(=O)N1CCN(c2cccc(Cl)c2)CC1. The highest BCUT2D eigenvalue weighted by Crippen LogP contribution is 2.29. The van der Waals surface area contributed by atoms with Gasteiger partial charge >= 0.3 is 0 Å². The van der Waals surface area contributed by atoms with Crippen LogP contribution >= 0.6 is 11.6 Å². The fourth-order valence-electron chi connectivity index (χ4n) is 4.14. The van der Waals surface area contributed by atoms with Crippen molar-refractivity contribution in [1.29, 1.82) is 0 Å². The first kappa shape index (κ1) is 24.3. The van der Waals surface area contributed by atoms with Gasteiger partial charge in [0, 0.05) is 54.4 Å². The molecule has 1 aliphatic rings. The molecule has 0 radical (unpaired) electrons. The Bertz CT molecular complexity index is 1310.